The van der Waals surface area contributed by atoms with E-state index in [-0.39, 0.29) is 23.8 Å². The first-order valence-corrected chi connectivity index (χ1v) is 26.9. The molecule has 0 saturated carbocycles. The number of ether oxygens (including phenoxy) is 2. The van der Waals surface area contributed by atoms with Crippen molar-refractivity contribution in [3.8, 4) is 0 Å². The van der Waals surface area contributed by atoms with Gasteiger partial charge in [-0.2, -0.15) is 0 Å². The van der Waals surface area contributed by atoms with Crippen LogP contribution in [-0.4, -0.2) is 100 Å². The van der Waals surface area contributed by atoms with E-state index >= 15 is 0 Å². The van der Waals surface area contributed by atoms with Gasteiger partial charge in [0.15, 0.2) is 0 Å². The summed E-state index contributed by atoms with van der Waals surface area (Å²) < 4.78 is 11.5. The van der Waals surface area contributed by atoms with Gasteiger partial charge >= 0.3 is 11.9 Å². The smallest absolute Gasteiger partial charge is 0.308 e. The van der Waals surface area contributed by atoms with Gasteiger partial charge in [0.2, 0.25) is 0 Å². The Labute approximate surface area is 380 Å². The van der Waals surface area contributed by atoms with E-state index in [9.17, 15) is 9.59 Å². The van der Waals surface area contributed by atoms with Gasteiger partial charge in [-0.25, -0.2) is 0 Å². The van der Waals surface area contributed by atoms with Crippen LogP contribution in [-0.2, 0) is 19.1 Å². The zero-order valence-corrected chi connectivity index (χ0v) is 41.7. The quantitative estimate of drug-likeness (QED) is 0.0461. The lowest BCUT2D eigenvalue weighted by atomic mass is 9.95. The van der Waals surface area contributed by atoms with Crippen molar-refractivity contribution in [1.82, 2.24) is 15.1 Å². The summed E-state index contributed by atoms with van der Waals surface area (Å²) in [7, 11) is 4.26. The number of hydrogen-bond donors (Lipinski definition) is 2. The summed E-state index contributed by atoms with van der Waals surface area (Å²) in [6, 6.07) is 0. The van der Waals surface area contributed by atoms with Crippen molar-refractivity contribution in [2.24, 2.45) is 11.8 Å². The Morgan fingerprint density at radius 2 is 0.820 bits per heavy atom. The summed E-state index contributed by atoms with van der Waals surface area (Å²) >= 11 is 0. The zero-order chi connectivity index (χ0) is 44.7. The first-order valence-electron chi connectivity index (χ1n) is 26.9. The largest absolute Gasteiger partial charge is 0.465 e. The van der Waals surface area contributed by atoms with Crippen LogP contribution in [0.15, 0.2) is 0 Å². The molecule has 8 heteroatoms. The van der Waals surface area contributed by atoms with Gasteiger partial charge in [-0.15, -0.1) is 0 Å². The van der Waals surface area contributed by atoms with Crippen LogP contribution >= 0.6 is 0 Å². The van der Waals surface area contributed by atoms with Gasteiger partial charge < -0.3 is 29.7 Å². The van der Waals surface area contributed by atoms with Crippen molar-refractivity contribution in [3.05, 3.63) is 0 Å². The first-order chi connectivity index (χ1) is 29.9. The lowest BCUT2D eigenvalue weighted by Crippen LogP contribution is -2.35. The van der Waals surface area contributed by atoms with Gasteiger partial charge in [-0.1, -0.05) is 181 Å². The predicted molar refractivity (Wildman–Crippen MR) is 262 cm³/mol. The molecule has 0 rings (SSSR count). The monoisotopic (exact) mass is 866 g/mol. The molecule has 61 heavy (non-hydrogen) atoms. The maximum Gasteiger partial charge on any atom is 0.308 e. The molecule has 2 atom stereocenters. The highest BCUT2D eigenvalue weighted by Gasteiger charge is 2.20. The van der Waals surface area contributed by atoms with Gasteiger partial charge in [0, 0.05) is 19.7 Å². The predicted octanol–water partition coefficient (Wildman–Crippen LogP) is 13.5. The number of nitrogens with zero attached hydrogens (tertiary/aromatic N) is 2. The third kappa shape index (κ3) is 41.2. The average molecular weight is 866 g/mol. The molecule has 8 nitrogen and oxygen atoms in total. The van der Waals surface area contributed by atoms with Crippen LogP contribution in [0.1, 0.15) is 245 Å². The normalized spacial score (nSPS) is 12.7. The van der Waals surface area contributed by atoms with Crippen molar-refractivity contribution in [3.63, 3.8) is 0 Å². The van der Waals surface area contributed by atoms with E-state index in [4.69, 9.17) is 14.6 Å². The minimum absolute atomic E-state index is 0.0224. The molecule has 0 amide bonds. The molecule has 2 N–H and O–H groups in total. The van der Waals surface area contributed by atoms with Crippen molar-refractivity contribution in [2.75, 3.05) is 73.2 Å². The second-order valence-electron chi connectivity index (χ2n) is 18.8. The molecule has 0 aromatic heterocycles. The lowest BCUT2D eigenvalue weighted by molar-refractivity contribution is -0.150. The van der Waals surface area contributed by atoms with Crippen LogP contribution < -0.4 is 5.32 Å². The van der Waals surface area contributed by atoms with Crippen LogP contribution in [0.2, 0.25) is 0 Å². The number of carbonyl (C=O) groups excluding carboxylic acids is 2. The molecule has 2 unspecified atom stereocenters. The second-order valence-corrected chi connectivity index (χ2v) is 18.8. The van der Waals surface area contributed by atoms with E-state index in [1.807, 2.05) is 7.05 Å². The van der Waals surface area contributed by atoms with Crippen LogP contribution in [0.3, 0.4) is 0 Å². The van der Waals surface area contributed by atoms with Gasteiger partial charge in [-0.3, -0.25) is 9.59 Å². The summed E-state index contributed by atoms with van der Waals surface area (Å²) in [6.07, 6.45) is 41.6. The summed E-state index contributed by atoms with van der Waals surface area (Å²) in [4.78, 5) is 30.8. The third-order valence-corrected chi connectivity index (χ3v) is 12.8. The molecule has 364 valence electrons. The van der Waals surface area contributed by atoms with Crippen LogP contribution in [0.5, 0.6) is 0 Å². The standard InChI is InChI=1S/C53H107N3O5/c1-6-9-12-29-38-50(37-11-8-3)52(58)60-48-35-27-21-15-18-24-32-43-56(46-45-55(5)42-31-23-17-14-20-26-34-47-57)44-33-25-19-16-22-28-36-49-61-53(59)51(40-41-54-4)39-30-13-10-7-2/h50-51,54,57H,6-49H2,1-5H3. The molecule has 0 aliphatic carbocycles. The Morgan fingerprint density at radius 3 is 1.26 bits per heavy atom. The third-order valence-electron chi connectivity index (χ3n) is 12.8. The van der Waals surface area contributed by atoms with E-state index < -0.39 is 0 Å². The number of rotatable bonds is 50. The molecule has 0 aromatic carbocycles. The summed E-state index contributed by atoms with van der Waals surface area (Å²) in [5.74, 6) is 0.240. The fraction of sp³-hybridized carbons (Fsp3) is 0.962. The Morgan fingerprint density at radius 1 is 0.443 bits per heavy atom. The van der Waals surface area contributed by atoms with E-state index in [0.717, 1.165) is 96.6 Å². The van der Waals surface area contributed by atoms with Gasteiger partial charge in [0.1, 0.15) is 0 Å². The molecule has 0 fully saturated rings. The Bertz CT molecular complexity index is 851. The number of esters is 2. The summed E-state index contributed by atoms with van der Waals surface area (Å²) in [6.45, 7) is 15.0. The number of unbranched alkanes of at least 4 members (excludes halogenated alkanes) is 25. The van der Waals surface area contributed by atoms with Gasteiger partial charge in [0.05, 0.1) is 25.0 Å². The van der Waals surface area contributed by atoms with E-state index in [1.165, 1.54) is 167 Å². The minimum Gasteiger partial charge on any atom is -0.465 e. The molecule has 0 aliphatic rings. The Balaban J connectivity index is 4.43. The van der Waals surface area contributed by atoms with Gasteiger partial charge in [-0.05, 0) is 104 Å². The highest BCUT2D eigenvalue weighted by atomic mass is 16.5. The first kappa shape index (κ1) is 59.8. The SMILES string of the molecule is CCCCCCC(CCCC)C(=O)OCCCCCCCCCN(CCCCCCCCCOC(=O)C(CCCCCC)CCNC)CCN(C)CCCCCCCCCO. The maximum atomic E-state index is 12.8. The van der Waals surface area contributed by atoms with Crippen molar-refractivity contribution < 1.29 is 24.2 Å². The number of aliphatic hydroxyl groups excluding tert-OH is 1. The molecule has 0 saturated heterocycles. The lowest BCUT2D eigenvalue weighted by Gasteiger charge is -2.25. The van der Waals surface area contributed by atoms with E-state index in [1.54, 1.807) is 0 Å². The molecular weight excluding hydrogens is 759 g/mol. The topological polar surface area (TPSA) is 91.3 Å². The number of aliphatic hydroxyl groups is 1. The Kier molecular flexibility index (Phi) is 47.3. The number of likely N-dealkylation sites (N-methyl/N-ethyl adjacent to an activating group) is 1. The second kappa shape index (κ2) is 48.2. The minimum atomic E-state index is 0.0224. The molecular formula is C53H107N3O5. The van der Waals surface area contributed by atoms with E-state index in [0.29, 0.717) is 19.8 Å². The molecule has 0 radical (unpaired) electrons. The van der Waals surface area contributed by atoms with Crippen molar-refractivity contribution in [1.29, 1.82) is 0 Å². The van der Waals surface area contributed by atoms with Crippen LogP contribution in [0.4, 0.5) is 0 Å². The molecule has 0 aromatic rings. The molecule has 0 heterocycles. The number of hydrogen-bond acceptors (Lipinski definition) is 8. The number of carbonyl (C=O) groups is 2. The molecule has 0 aliphatic heterocycles. The highest BCUT2D eigenvalue weighted by molar-refractivity contribution is 5.72. The van der Waals surface area contributed by atoms with Crippen LogP contribution in [0, 0.1) is 11.8 Å². The van der Waals surface area contributed by atoms with Crippen LogP contribution in [0.25, 0.3) is 0 Å². The molecule has 0 spiro atoms. The highest BCUT2D eigenvalue weighted by Crippen LogP contribution is 2.20. The summed E-state index contributed by atoms with van der Waals surface area (Å²) in [5, 5.41) is 12.2. The van der Waals surface area contributed by atoms with Crippen molar-refractivity contribution in [2.45, 2.75) is 245 Å². The maximum absolute atomic E-state index is 12.8. The fourth-order valence-corrected chi connectivity index (χ4v) is 8.52. The molecule has 0 bridgehead atoms. The Hall–Kier alpha value is -1.22. The average Bonchev–Trinajstić information content (AvgIpc) is 3.26. The summed E-state index contributed by atoms with van der Waals surface area (Å²) in [5.41, 5.74) is 0. The van der Waals surface area contributed by atoms with Gasteiger partial charge in [0.25, 0.3) is 0 Å². The number of nitrogens with one attached hydrogen (secondary N) is 1. The van der Waals surface area contributed by atoms with E-state index in [2.05, 4.69) is 42.9 Å². The fourth-order valence-electron chi connectivity index (χ4n) is 8.52. The zero-order valence-electron chi connectivity index (χ0n) is 41.7. The van der Waals surface area contributed by atoms with Crippen molar-refractivity contribution >= 4 is 11.9 Å².